The van der Waals surface area contributed by atoms with Gasteiger partial charge in [-0.15, -0.1) is 0 Å². The molecule has 0 atom stereocenters. The number of fused-ring (bicyclic) bond motifs is 1. The predicted molar refractivity (Wildman–Crippen MR) is 63.8 cm³/mol. The van der Waals surface area contributed by atoms with Crippen LogP contribution < -0.4 is 0 Å². The van der Waals surface area contributed by atoms with Crippen LogP contribution in [-0.2, 0) is 4.79 Å². The van der Waals surface area contributed by atoms with Gasteiger partial charge in [0.1, 0.15) is 0 Å². The number of carboxylic acids is 1. The van der Waals surface area contributed by atoms with Gasteiger partial charge in [-0.05, 0) is 41.0 Å². The van der Waals surface area contributed by atoms with Gasteiger partial charge in [0, 0.05) is 5.56 Å². The maximum absolute atomic E-state index is 10.8. The first-order chi connectivity index (χ1) is 8.20. The monoisotopic (exact) mass is 224 g/mol. The predicted octanol–water partition coefficient (Wildman–Crippen LogP) is 2.09. The van der Waals surface area contributed by atoms with Crippen molar-refractivity contribution >= 4 is 23.0 Å². The highest BCUT2D eigenvalue weighted by molar-refractivity contribution is 5.94. The van der Waals surface area contributed by atoms with Crippen LogP contribution in [0.25, 0.3) is 10.8 Å². The van der Waals surface area contributed by atoms with Gasteiger partial charge >= 0.3 is 5.97 Å². The first-order valence-corrected chi connectivity index (χ1v) is 4.93. The summed E-state index contributed by atoms with van der Waals surface area (Å²) in [6.45, 7) is 0. The number of rotatable bonds is 1. The van der Waals surface area contributed by atoms with E-state index in [2.05, 4.69) is 11.8 Å². The van der Waals surface area contributed by atoms with E-state index in [9.17, 15) is 9.59 Å². The lowest BCUT2D eigenvalue weighted by molar-refractivity contribution is -0.103. The average molecular weight is 224 g/mol. The molecule has 2 aromatic rings. The quantitative estimate of drug-likeness (QED) is 0.596. The third-order valence-electron chi connectivity index (χ3n) is 2.36. The minimum atomic E-state index is -0.947. The van der Waals surface area contributed by atoms with Crippen LogP contribution in [0.5, 0.6) is 0 Å². The highest BCUT2D eigenvalue weighted by Gasteiger charge is 2.03. The molecule has 0 amide bonds. The molecule has 1 N–H and O–H groups in total. The molecule has 0 saturated heterocycles. The van der Waals surface area contributed by atoms with Gasteiger partial charge in [0.05, 0.1) is 5.56 Å². The SMILES string of the molecule is O=CC#Cc1ccc2cc(C(=O)O)ccc2c1. The molecule has 0 bridgehead atoms. The lowest BCUT2D eigenvalue weighted by Gasteiger charge is -2.00. The fourth-order valence-corrected chi connectivity index (χ4v) is 1.57. The summed E-state index contributed by atoms with van der Waals surface area (Å²) in [5.74, 6) is 4.08. The summed E-state index contributed by atoms with van der Waals surface area (Å²) in [5, 5.41) is 10.6. The normalized spacial score (nSPS) is 9.41. The van der Waals surface area contributed by atoms with Gasteiger partial charge in [-0.3, -0.25) is 4.79 Å². The van der Waals surface area contributed by atoms with Gasteiger partial charge in [0.2, 0.25) is 0 Å². The Balaban J connectivity index is 2.53. The molecule has 0 aliphatic carbocycles. The van der Waals surface area contributed by atoms with Gasteiger partial charge in [0.15, 0.2) is 6.29 Å². The van der Waals surface area contributed by atoms with Gasteiger partial charge in [-0.2, -0.15) is 0 Å². The van der Waals surface area contributed by atoms with Gasteiger partial charge in [0.25, 0.3) is 0 Å². The topological polar surface area (TPSA) is 54.4 Å². The number of carboxylic acid groups (broad SMARTS) is 1. The summed E-state index contributed by atoms with van der Waals surface area (Å²) >= 11 is 0. The van der Waals surface area contributed by atoms with Gasteiger partial charge < -0.3 is 5.11 Å². The smallest absolute Gasteiger partial charge is 0.335 e. The molecule has 3 heteroatoms. The lowest BCUT2D eigenvalue weighted by Crippen LogP contribution is -1.95. The molecule has 2 rings (SSSR count). The fourth-order valence-electron chi connectivity index (χ4n) is 1.57. The van der Waals surface area contributed by atoms with E-state index in [1.807, 2.05) is 6.07 Å². The Morgan fingerprint density at radius 1 is 1.12 bits per heavy atom. The van der Waals surface area contributed by atoms with E-state index in [0.717, 1.165) is 16.3 Å². The first kappa shape index (κ1) is 10.9. The Labute approximate surface area is 97.7 Å². The summed E-state index contributed by atoms with van der Waals surface area (Å²) < 4.78 is 0. The zero-order valence-corrected chi connectivity index (χ0v) is 8.81. The second-order valence-electron chi connectivity index (χ2n) is 3.47. The van der Waals surface area contributed by atoms with E-state index < -0.39 is 5.97 Å². The maximum Gasteiger partial charge on any atom is 0.335 e. The van der Waals surface area contributed by atoms with Crippen molar-refractivity contribution in [3.05, 3.63) is 47.5 Å². The Hall–Kier alpha value is -2.60. The number of hydrogen-bond donors (Lipinski definition) is 1. The van der Waals surface area contributed by atoms with Crippen LogP contribution >= 0.6 is 0 Å². The standard InChI is InChI=1S/C14H8O3/c15-7-1-2-10-3-4-12-9-13(14(16)17)6-5-11(12)8-10/h3-9H,(H,16,17). The molecule has 0 aromatic heterocycles. The molecule has 82 valence electrons. The van der Waals surface area contributed by atoms with Gasteiger partial charge in [-0.25, -0.2) is 4.79 Å². The number of aromatic carboxylic acids is 1. The zero-order valence-electron chi connectivity index (χ0n) is 8.81. The summed E-state index contributed by atoms with van der Waals surface area (Å²) in [4.78, 5) is 20.9. The molecular formula is C14H8O3. The fraction of sp³-hybridized carbons (Fsp3) is 0. The van der Waals surface area contributed by atoms with Crippen LogP contribution in [0.2, 0.25) is 0 Å². The largest absolute Gasteiger partial charge is 0.478 e. The summed E-state index contributed by atoms with van der Waals surface area (Å²) in [6, 6.07) is 10.2. The molecular weight excluding hydrogens is 216 g/mol. The lowest BCUT2D eigenvalue weighted by atomic mass is 10.0. The first-order valence-electron chi connectivity index (χ1n) is 4.93. The van der Waals surface area contributed by atoms with Crippen molar-refractivity contribution in [1.29, 1.82) is 0 Å². The Morgan fingerprint density at radius 2 is 1.82 bits per heavy atom. The molecule has 0 radical (unpaired) electrons. The van der Waals surface area contributed by atoms with Crippen LogP contribution in [0.15, 0.2) is 36.4 Å². The Morgan fingerprint density at radius 3 is 2.53 bits per heavy atom. The van der Waals surface area contributed by atoms with Crippen molar-refractivity contribution in [3.8, 4) is 11.8 Å². The van der Waals surface area contributed by atoms with Crippen molar-refractivity contribution in [2.45, 2.75) is 0 Å². The van der Waals surface area contributed by atoms with E-state index in [0.29, 0.717) is 6.29 Å². The number of aldehydes is 1. The summed E-state index contributed by atoms with van der Waals surface area (Å²) in [6.07, 6.45) is 0.539. The van der Waals surface area contributed by atoms with E-state index >= 15 is 0 Å². The summed E-state index contributed by atoms with van der Waals surface area (Å²) in [5.41, 5.74) is 0.983. The molecule has 17 heavy (non-hydrogen) atoms. The molecule has 3 nitrogen and oxygen atoms in total. The maximum atomic E-state index is 10.8. The highest BCUT2D eigenvalue weighted by Crippen LogP contribution is 2.17. The molecule has 0 spiro atoms. The van der Waals surface area contributed by atoms with Crippen molar-refractivity contribution < 1.29 is 14.7 Å². The number of benzene rings is 2. The van der Waals surface area contributed by atoms with Crippen LogP contribution in [0, 0.1) is 11.8 Å². The van der Waals surface area contributed by atoms with E-state index in [4.69, 9.17) is 5.11 Å². The Bertz CT molecular complexity index is 660. The minimum absolute atomic E-state index is 0.254. The van der Waals surface area contributed by atoms with E-state index in [-0.39, 0.29) is 5.56 Å². The van der Waals surface area contributed by atoms with Crippen LogP contribution in [0.1, 0.15) is 15.9 Å². The molecule has 2 aromatic carbocycles. The van der Waals surface area contributed by atoms with Crippen molar-refractivity contribution in [3.63, 3.8) is 0 Å². The minimum Gasteiger partial charge on any atom is -0.478 e. The number of hydrogen-bond acceptors (Lipinski definition) is 2. The third kappa shape index (κ3) is 2.32. The van der Waals surface area contributed by atoms with Crippen molar-refractivity contribution in [2.24, 2.45) is 0 Å². The second kappa shape index (κ2) is 4.50. The van der Waals surface area contributed by atoms with Gasteiger partial charge in [-0.1, -0.05) is 18.1 Å². The van der Waals surface area contributed by atoms with Crippen LogP contribution in [-0.4, -0.2) is 17.4 Å². The Kier molecular flexibility index (Phi) is 2.89. The molecule has 0 heterocycles. The third-order valence-corrected chi connectivity index (χ3v) is 2.36. The van der Waals surface area contributed by atoms with Crippen molar-refractivity contribution in [1.82, 2.24) is 0 Å². The number of carbonyl (C=O) groups excluding carboxylic acids is 1. The van der Waals surface area contributed by atoms with Crippen molar-refractivity contribution in [2.75, 3.05) is 0 Å². The average Bonchev–Trinajstić information content (AvgIpc) is 2.35. The van der Waals surface area contributed by atoms with E-state index in [1.54, 1.807) is 30.3 Å². The second-order valence-corrected chi connectivity index (χ2v) is 3.47. The molecule has 0 fully saturated rings. The zero-order chi connectivity index (χ0) is 12.3. The molecule has 0 aliphatic heterocycles. The van der Waals surface area contributed by atoms with Crippen LogP contribution in [0.4, 0.5) is 0 Å². The summed E-state index contributed by atoms with van der Waals surface area (Å²) in [7, 11) is 0. The molecule has 0 saturated carbocycles. The number of carbonyl (C=O) groups is 2. The van der Waals surface area contributed by atoms with E-state index in [1.165, 1.54) is 0 Å². The molecule has 0 unspecified atom stereocenters. The molecule has 0 aliphatic rings. The highest BCUT2D eigenvalue weighted by atomic mass is 16.4. The van der Waals surface area contributed by atoms with Crippen LogP contribution in [0.3, 0.4) is 0 Å².